The number of hydrogen-bond acceptors (Lipinski definition) is 7. The van der Waals surface area contributed by atoms with Gasteiger partial charge in [0.1, 0.15) is 6.54 Å². The number of carboxylic acid groups (broad SMARTS) is 1. The number of carbonyl (C=O) groups is 1. The van der Waals surface area contributed by atoms with Gasteiger partial charge < -0.3 is 14.6 Å². The highest BCUT2D eigenvalue weighted by atomic mass is 32.2. The number of hydrogen-bond donors (Lipinski definition) is 1. The van der Waals surface area contributed by atoms with E-state index in [2.05, 4.69) is 0 Å². The third-order valence-electron chi connectivity index (χ3n) is 3.87. The predicted molar refractivity (Wildman–Crippen MR) is 92.6 cm³/mol. The molecule has 0 aliphatic carbocycles. The van der Waals surface area contributed by atoms with E-state index >= 15 is 0 Å². The van der Waals surface area contributed by atoms with Gasteiger partial charge in [0.15, 0.2) is 11.5 Å². The number of sulfonamides is 1. The number of nitro benzene ring substituents is 1. The highest BCUT2D eigenvalue weighted by Crippen LogP contribution is 2.37. The van der Waals surface area contributed by atoms with Crippen molar-refractivity contribution in [1.82, 2.24) is 0 Å². The Kier molecular flexibility index (Phi) is 4.62. The van der Waals surface area contributed by atoms with Crippen LogP contribution in [-0.4, -0.2) is 37.8 Å². The van der Waals surface area contributed by atoms with E-state index in [1.807, 2.05) is 0 Å². The van der Waals surface area contributed by atoms with Gasteiger partial charge in [0, 0.05) is 18.2 Å². The fourth-order valence-corrected chi connectivity index (χ4v) is 4.23. The fraction of sp³-hybridized carbons (Fsp3) is 0.188. The predicted octanol–water partition coefficient (Wildman–Crippen LogP) is 1.91. The third-order valence-corrected chi connectivity index (χ3v) is 5.79. The van der Waals surface area contributed by atoms with E-state index < -0.39 is 33.1 Å². The Hall–Kier alpha value is -3.34. The van der Waals surface area contributed by atoms with Crippen molar-refractivity contribution in [2.24, 2.45) is 0 Å². The molecule has 2 aromatic carbocycles. The van der Waals surface area contributed by atoms with E-state index in [1.165, 1.54) is 37.3 Å². The molecule has 0 spiro atoms. The topological polar surface area (TPSA) is 136 Å². The van der Waals surface area contributed by atoms with Gasteiger partial charge in [-0.25, -0.2) is 8.42 Å². The summed E-state index contributed by atoms with van der Waals surface area (Å²) in [5.41, 5.74) is -0.135. The molecule has 0 saturated carbocycles. The number of anilines is 1. The van der Waals surface area contributed by atoms with Crippen LogP contribution in [0.2, 0.25) is 0 Å². The molecule has 0 fully saturated rings. The monoisotopic (exact) mass is 394 g/mol. The Labute approximate surface area is 153 Å². The SMILES string of the molecule is Cc1ccc([N+](=O)[O-])cc1S(=O)(=O)N(CC(=O)O)c1ccc2c(c1)OCO2. The van der Waals surface area contributed by atoms with Crippen molar-refractivity contribution in [3.05, 3.63) is 52.1 Å². The first-order valence-electron chi connectivity index (χ1n) is 7.59. The molecule has 2 aromatic rings. The van der Waals surface area contributed by atoms with Crippen LogP contribution in [0.25, 0.3) is 0 Å². The lowest BCUT2D eigenvalue weighted by molar-refractivity contribution is -0.385. The average molecular weight is 394 g/mol. The number of carboxylic acids is 1. The zero-order chi connectivity index (χ0) is 19.8. The Balaban J connectivity index is 2.13. The van der Waals surface area contributed by atoms with E-state index in [0.29, 0.717) is 10.1 Å². The molecule has 10 nitrogen and oxygen atoms in total. The minimum Gasteiger partial charge on any atom is -0.480 e. The molecule has 1 aliphatic heterocycles. The zero-order valence-electron chi connectivity index (χ0n) is 14.0. The molecule has 0 radical (unpaired) electrons. The Morgan fingerprint density at radius 3 is 2.59 bits per heavy atom. The van der Waals surface area contributed by atoms with Crippen LogP contribution in [0.3, 0.4) is 0 Å². The second-order valence-electron chi connectivity index (χ2n) is 5.65. The number of nitro groups is 1. The molecule has 11 heteroatoms. The first-order chi connectivity index (χ1) is 12.7. The first-order valence-corrected chi connectivity index (χ1v) is 9.03. The number of aliphatic carboxylic acids is 1. The normalized spacial score (nSPS) is 12.6. The van der Waals surface area contributed by atoms with Gasteiger partial charge in [0.05, 0.1) is 15.5 Å². The second kappa shape index (κ2) is 6.76. The van der Waals surface area contributed by atoms with Crippen molar-refractivity contribution in [2.75, 3.05) is 17.6 Å². The largest absolute Gasteiger partial charge is 0.480 e. The first kappa shape index (κ1) is 18.5. The van der Waals surface area contributed by atoms with Crippen LogP contribution >= 0.6 is 0 Å². The van der Waals surface area contributed by atoms with Gasteiger partial charge in [0.2, 0.25) is 6.79 Å². The molecular weight excluding hydrogens is 380 g/mol. The van der Waals surface area contributed by atoms with Gasteiger partial charge in [-0.2, -0.15) is 0 Å². The van der Waals surface area contributed by atoms with Gasteiger partial charge in [-0.1, -0.05) is 6.07 Å². The number of ether oxygens (including phenoxy) is 2. The maximum Gasteiger partial charge on any atom is 0.324 e. The van der Waals surface area contributed by atoms with Crippen molar-refractivity contribution in [3.8, 4) is 11.5 Å². The van der Waals surface area contributed by atoms with Crippen LogP contribution < -0.4 is 13.8 Å². The summed E-state index contributed by atoms with van der Waals surface area (Å²) in [6.45, 7) is 0.563. The molecule has 27 heavy (non-hydrogen) atoms. The molecule has 0 saturated heterocycles. The van der Waals surface area contributed by atoms with Crippen LogP contribution in [0.1, 0.15) is 5.56 Å². The van der Waals surface area contributed by atoms with E-state index in [4.69, 9.17) is 9.47 Å². The maximum atomic E-state index is 13.1. The van der Waals surface area contributed by atoms with Gasteiger partial charge >= 0.3 is 5.97 Å². The molecule has 3 rings (SSSR count). The standard InChI is InChI=1S/C16H14N2O8S/c1-10-2-3-12(18(21)22)7-15(10)27(23,24)17(8-16(19)20)11-4-5-13-14(6-11)26-9-25-13/h2-7H,8-9H2,1H3,(H,19,20). The van der Waals surface area contributed by atoms with E-state index in [1.54, 1.807) is 0 Å². The fourth-order valence-electron chi connectivity index (χ4n) is 2.58. The zero-order valence-corrected chi connectivity index (χ0v) is 14.8. The van der Waals surface area contributed by atoms with Gasteiger partial charge in [-0.3, -0.25) is 19.2 Å². The maximum absolute atomic E-state index is 13.1. The average Bonchev–Trinajstić information content (AvgIpc) is 3.07. The summed E-state index contributed by atoms with van der Waals surface area (Å²) in [5.74, 6) is -0.717. The third kappa shape index (κ3) is 3.49. The number of benzene rings is 2. The van der Waals surface area contributed by atoms with Crippen LogP contribution in [-0.2, 0) is 14.8 Å². The van der Waals surface area contributed by atoms with Crippen molar-refractivity contribution in [2.45, 2.75) is 11.8 Å². The summed E-state index contributed by atoms with van der Waals surface area (Å²) in [6, 6.07) is 7.56. The number of rotatable bonds is 6. The number of non-ortho nitro benzene ring substituents is 1. The van der Waals surface area contributed by atoms with Crippen LogP contribution in [0, 0.1) is 17.0 Å². The Morgan fingerprint density at radius 1 is 1.22 bits per heavy atom. The summed E-state index contributed by atoms with van der Waals surface area (Å²) in [6.07, 6.45) is 0. The van der Waals surface area contributed by atoms with Crippen LogP contribution in [0.5, 0.6) is 11.5 Å². The quantitative estimate of drug-likeness (QED) is 0.579. The molecule has 0 unspecified atom stereocenters. The summed E-state index contributed by atoms with van der Waals surface area (Å²) >= 11 is 0. The van der Waals surface area contributed by atoms with E-state index in [0.717, 1.165) is 6.07 Å². The summed E-state index contributed by atoms with van der Waals surface area (Å²) in [5, 5.41) is 20.2. The molecule has 142 valence electrons. The van der Waals surface area contributed by atoms with Crippen molar-refractivity contribution in [1.29, 1.82) is 0 Å². The van der Waals surface area contributed by atoms with Gasteiger partial charge in [-0.05, 0) is 24.6 Å². The molecule has 0 bridgehead atoms. The van der Waals surface area contributed by atoms with Crippen molar-refractivity contribution >= 4 is 27.4 Å². The minimum atomic E-state index is -4.40. The summed E-state index contributed by atoms with van der Waals surface area (Å²) < 4.78 is 37.3. The highest BCUT2D eigenvalue weighted by Gasteiger charge is 2.31. The number of fused-ring (bicyclic) bond motifs is 1. The molecule has 1 aliphatic rings. The Bertz CT molecular complexity index is 1030. The van der Waals surface area contributed by atoms with E-state index in [-0.39, 0.29) is 28.7 Å². The lowest BCUT2D eigenvalue weighted by atomic mass is 10.2. The van der Waals surface area contributed by atoms with Crippen LogP contribution in [0.15, 0.2) is 41.3 Å². The molecular formula is C16H14N2O8S. The van der Waals surface area contributed by atoms with Crippen LogP contribution in [0.4, 0.5) is 11.4 Å². The Morgan fingerprint density at radius 2 is 1.93 bits per heavy atom. The summed E-state index contributed by atoms with van der Waals surface area (Å²) in [4.78, 5) is 21.2. The lowest BCUT2D eigenvalue weighted by Gasteiger charge is -2.23. The van der Waals surface area contributed by atoms with Gasteiger partial charge in [0.25, 0.3) is 15.7 Å². The molecule has 0 atom stereocenters. The summed E-state index contributed by atoms with van der Waals surface area (Å²) in [7, 11) is -4.40. The second-order valence-corrected chi connectivity index (χ2v) is 7.48. The highest BCUT2D eigenvalue weighted by molar-refractivity contribution is 7.93. The minimum absolute atomic E-state index is 0.0333. The number of aryl methyl sites for hydroxylation is 1. The smallest absolute Gasteiger partial charge is 0.324 e. The molecule has 0 amide bonds. The van der Waals surface area contributed by atoms with Crippen molar-refractivity contribution < 1.29 is 32.7 Å². The molecule has 0 aromatic heterocycles. The van der Waals surface area contributed by atoms with Gasteiger partial charge in [-0.15, -0.1) is 0 Å². The van der Waals surface area contributed by atoms with Crippen molar-refractivity contribution in [3.63, 3.8) is 0 Å². The molecule has 1 N–H and O–H groups in total. The molecule has 1 heterocycles. The van der Waals surface area contributed by atoms with E-state index in [9.17, 15) is 28.4 Å². The lowest BCUT2D eigenvalue weighted by Crippen LogP contribution is -2.36. The number of nitrogens with zero attached hydrogens (tertiary/aromatic N) is 2.